The largest absolute Gasteiger partial charge is 0.491 e. The minimum atomic E-state index is -0.193. The van der Waals surface area contributed by atoms with E-state index in [2.05, 4.69) is 10.5 Å². The highest BCUT2D eigenvalue weighted by Crippen LogP contribution is 2.22. The maximum atomic E-state index is 12.7. The van der Waals surface area contributed by atoms with Gasteiger partial charge in [0.05, 0.1) is 22.9 Å². The van der Waals surface area contributed by atoms with Gasteiger partial charge in [0.25, 0.3) is 5.91 Å². The highest BCUT2D eigenvalue weighted by molar-refractivity contribution is 5.96. The Labute approximate surface area is 170 Å². The molecule has 0 unspecified atom stereocenters. The van der Waals surface area contributed by atoms with E-state index in [4.69, 9.17) is 14.0 Å². The number of para-hydroxylation sites is 1. The number of ether oxygens (including phenoxy) is 2. The molecule has 3 aromatic rings. The summed E-state index contributed by atoms with van der Waals surface area (Å²) in [5, 5.41) is 6.87. The maximum Gasteiger partial charge on any atom is 0.255 e. The summed E-state index contributed by atoms with van der Waals surface area (Å²) in [4.78, 5) is 12.7. The summed E-state index contributed by atoms with van der Waals surface area (Å²) in [6.45, 7) is 8.39. The molecule has 0 aliphatic rings. The zero-order chi connectivity index (χ0) is 20.8. The normalized spacial score (nSPS) is 10.8. The molecular weight excluding hydrogens is 368 g/mol. The second-order valence-corrected chi connectivity index (χ2v) is 7.08. The molecule has 0 radical (unpaired) electrons. The minimum Gasteiger partial charge on any atom is -0.491 e. The van der Waals surface area contributed by atoms with E-state index in [0.29, 0.717) is 30.2 Å². The number of nitrogens with zero attached hydrogens (tertiary/aromatic N) is 1. The zero-order valence-electron chi connectivity index (χ0n) is 17.2. The highest BCUT2D eigenvalue weighted by atomic mass is 16.5. The predicted molar refractivity (Wildman–Crippen MR) is 110 cm³/mol. The summed E-state index contributed by atoms with van der Waals surface area (Å²) >= 11 is 0. The van der Waals surface area contributed by atoms with Crippen LogP contribution in [0.4, 0.5) is 0 Å². The number of hydrogen-bond donors (Lipinski definition) is 1. The molecule has 152 valence electrons. The van der Waals surface area contributed by atoms with Crippen molar-refractivity contribution in [1.82, 2.24) is 10.5 Å². The van der Waals surface area contributed by atoms with Crippen LogP contribution in [0.15, 0.2) is 53.1 Å². The number of nitrogens with one attached hydrogen (secondary N) is 1. The average Bonchev–Trinajstić information content (AvgIpc) is 3.03. The lowest BCUT2D eigenvalue weighted by molar-refractivity contribution is 0.0946. The first-order valence-electron chi connectivity index (χ1n) is 9.61. The van der Waals surface area contributed by atoms with E-state index in [9.17, 15) is 4.79 Å². The number of amides is 1. The number of aromatic nitrogens is 1. The molecule has 0 atom stereocenters. The average molecular weight is 394 g/mol. The molecule has 1 heterocycles. The number of aryl methyl sites for hydroxylation is 2. The van der Waals surface area contributed by atoms with E-state index in [1.807, 2.05) is 64.1 Å². The van der Waals surface area contributed by atoms with Crippen LogP contribution >= 0.6 is 0 Å². The van der Waals surface area contributed by atoms with E-state index >= 15 is 0 Å². The van der Waals surface area contributed by atoms with Crippen LogP contribution in [0.2, 0.25) is 0 Å². The first-order valence-corrected chi connectivity index (χ1v) is 9.61. The third kappa shape index (κ3) is 5.38. The Morgan fingerprint density at radius 2 is 1.83 bits per heavy atom. The van der Waals surface area contributed by atoms with Gasteiger partial charge >= 0.3 is 0 Å². The van der Waals surface area contributed by atoms with E-state index in [-0.39, 0.29) is 12.0 Å². The van der Waals surface area contributed by atoms with Crippen molar-refractivity contribution in [2.24, 2.45) is 0 Å². The van der Waals surface area contributed by atoms with Crippen molar-refractivity contribution in [2.45, 2.75) is 47.0 Å². The number of carbonyl (C=O) groups is 1. The standard InChI is InChI=1S/C23H26N2O4/c1-15(2)28-19-11-9-18(10-12-19)13-24-23(26)20-7-5-6-8-22(20)27-14-21-16(3)25-29-17(21)4/h5-12,15H,13-14H2,1-4H3,(H,24,26). The third-order valence-electron chi connectivity index (χ3n) is 4.43. The molecule has 0 saturated carbocycles. The van der Waals surface area contributed by atoms with Gasteiger partial charge in [-0.05, 0) is 57.5 Å². The van der Waals surface area contributed by atoms with Gasteiger partial charge in [0.1, 0.15) is 23.9 Å². The molecule has 0 spiro atoms. The molecule has 1 amide bonds. The Hall–Kier alpha value is -3.28. The summed E-state index contributed by atoms with van der Waals surface area (Å²) in [6, 6.07) is 14.9. The van der Waals surface area contributed by atoms with Crippen molar-refractivity contribution in [1.29, 1.82) is 0 Å². The molecule has 2 aromatic carbocycles. The van der Waals surface area contributed by atoms with Crippen LogP contribution in [0.25, 0.3) is 0 Å². The molecule has 6 nitrogen and oxygen atoms in total. The van der Waals surface area contributed by atoms with Gasteiger partial charge in [-0.2, -0.15) is 0 Å². The second-order valence-electron chi connectivity index (χ2n) is 7.08. The fourth-order valence-corrected chi connectivity index (χ4v) is 2.87. The van der Waals surface area contributed by atoms with E-state index in [1.54, 1.807) is 12.1 Å². The van der Waals surface area contributed by atoms with Crippen LogP contribution < -0.4 is 14.8 Å². The molecule has 0 bridgehead atoms. The fraction of sp³-hybridized carbons (Fsp3) is 0.304. The van der Waals surface area contributed by atoms with Crippen molar-refractivity contribution in [3.8, 4) is 11.5 Å². The second kappa shape index (κ2) is 9.28. The number of rotatable bonds is 8. The molecule has 1 N–H and O–H groups in total. The SMILES string of the molecule is Cc1noc(C)c1COc1ccccc1C(=O)NCc1ccc(OC(C)C)cc1. The monoisotopic (exact) mass is 394 g/mol. The number of benzene rings is 2. The summed E-state index contributed by atoms with van der Waals surface area (Å²) < 4.78 is 16.7. The van der Waals surface area contributed by atoms with Gasteiger partial charge in [0, 0.05) is 6.54 Å². The van der Waals surface area contributed by atoms with Gasteiger partial charge < -0.3 is 19.3 Å². The van der Waals surface area contributed by atoms with Crippen LogP contribution in [0, 0.1) is 13.8 Å². The van der Waals surface area contributed by atoms with Crippen molar-refractivity contribution in [3.63, 3.8) is 0 Å². The zero-order valence-corrected chi connectivity index (χ0v) is 17.2. The van der Waals surface area contributed by atoms with Crippen molar-refractivity contribution in [2.75, 3.05) is 0 Å². The molecule has 0 fully saturated rings. The Bertz CT molecular complexity index is 942. The quantitative estimate of drug-likeness (QED) is 0.605. The fourth-order valence-electron chi connectivity index (χ4n) is 2.87. The molecule has 0 aliphatic carbocycles. The predicted octanol–water partition coefficient (Wildman–Crippen LogP) is 4.59. The van der Waals surface area contributed by atoms with Crippen LogP contribution in [-0.2, 0) is 13.2 Å². The Morgan fingerprint density at radius 1 is 1.10 bits per heavy atom. The smallest absolute Gasteiger partial charge is 0.255 e. The van der Waals surface area contributed by atoms with Crippen LogP contribution in [0.5, 0.6) is 11.5 Å². The molecule has 0 saturated heterocycles. The molecule has 3 rings (SSSR count). The lowest BCUT2D eigenvalue weighted by Gasteiger charge is -2.12. The van der Waals surface area contributed by atoms with Crippen LogP contribution in [0.3, 0.4) is 0 Å². The molecular formula is C23H26N2O4. The van der Waals surface area contributed by atoms with Gasteiger partial charge in [0.15, 0.2) is 0 Å². The van der Waals surface area contributed by atoms with E-state index < -0.39 is 0 Å². The van der Waals surface area contributed by atoms with E-state index in [1.165, 1.54) is 0 Å². The Morgan fingerprint density at radius 3 is 2.48 bits per heavy atom. The first kappa shape index (κ1) is 20.5. The summed E-state index contributed by atoms with van der Waals surface area (Å²) in [6.07, 6.45) is 0.127. The summed E-state index contributed by atoms with van der Waals surface area (Å²) in [5.74, 6) is 1.86. The maximum absolute atomic E-state index is 12.7. The Balaban J connectivity index is 1.62. The Kier molecular flexibility index (Phi) is 6.54. The van der Waals surface area contributed by atoms with E-state index in [0.717, 1.165) is 22.6 Å². The lowest BCUT2D eigenvalue weighted by atomic mass is 10.1. The summed E-state index contributed by atoms with van der Waals surface area (Å²) in [7, 11) is 0. The lowest BCUT2D eigenvalue weighted by Crippen LogP contribution is -2.23. The number of hydrogen-bond acceptors (Lipinski definition) is 5. The van der Waals surface area contributed by atoms with Gasteiger partial charge in [-0.1, -0.05) is 29.4 Å². The molecule has 29 heavy (non-hydrogen) atoms. The van der Waals surface area contributed by atoms with Crippen molar-refractivity contribution < 1.29 is 18.8 Å². The summed E-state index contributed by atoms with van der Waals surface area (Å²) in [5.41, 5.74) is 3.15. The molecule has 6 heteroatoms. The van der Waals surface area contributed by atoms with Crippen LogP contribution in [0.1, 0.15) is 46.8 Å². The first-order chi connectivity index (χ1) is 13.9. The third-order valence-corrected chi connectivity index (χ3v) is 4.43. The van der Waals surface area contributed by atoms with Gasteiger partial charge in [-0.3, -0.25) is 4.79 Å². The van der Waals surface area contributed by atoms with Crippen molar-refractivity contribution in [3.05, 3.63) is 76.7 Å². The van der Waals surface area contributed by atoms with Crippen molar-refractivity contribution >= 4 is 5.91 Å². The van der Waals surface area contributed by atoms with Gasteiger partial charge in [-0.15, -0.1) is 0 Å². The van der Waals surface area contributed by atoms with Gasteiger partial charge in [-0.25, -0.2) is 0 Å². The minimum absolute atomic E-state index is 0.127. The van der Waals surface area contributed by atoms with Crippen LogP contribution in [-0.4, -0.2) is 17.2 Å². The molecule has 1 aromatic heterocycles. The van der Waals surface area contributed by atoms with Gasteiger partial charge in [0.2, 0.25) is 0 Å². The molecule has 0 aliphatic heterocycles. The highest BCUT2D eigenvalue weighted by Gasteiger charge is 2.14. The number of carbonyl (C=O) groups excluding carboxylic acids is 1. The topological polar surface area (TPSA) is 73.6 Å².